The molecule has 0 radical (unpaired) electrons. The summed E-state index contributed by atoms with van der Waals surface area (Å²) < 4.78 is 10.9. The maximum atomic E-state index is 12.1. The number of hydrogen-bond acceptors (Lipinski definition) is 5. The highest BCUT2D eigenvalue weighted by molar-refractivity contribution is 6.29. The molecule has 1 aliphatic rings. The van der Waals surface area contributed by atoms with Crippen LogP contribution in [0.3, 0.4) is 0 Å². The van der Waals surface area contributed by atoms with Crippen molar-refractivity contribution in [3.63, 3.8) is 0 Å². The number of aromatic nitrogens is 2. The lowest BCUT2D eigenvalue weighted by molar-refractivity contribution is 0.0184. The Morgan fingerprint density at radius 3 is 2.95 bits per heavy atom. The van der Waals surface area contributed by atoms with Crippen molar-refractivity contribution in [2.24, 2.45) is 0 Å². The molecular weight excluding hydrogens is 294 g/mol. The molecule has 0 aromatic carbocycles. The number of carbonyl (C=O) groups is 1. The second kappa shape index (κ2) is 6.47. The monoisotopic (exact) mass is 313 g/mol. The fraction of sp³-hybridized carbons (Fsp3) is 0.643. The molecule has 0 N–H and O–H groups in total. The van der Waals surface area contributed by atoms with Gasteiger partial charge in [-0.25, -0.2) is 9.78 Å². The zero-order valence-corrected chi connectivity index (χ0v) is 13.3. The molecule has 1 unspecified atom stereocenters. The molecule has 0 bridgehead atoms. The van der Waals surface area contributed by atoms with Crippen LogP contribution >= 0.6 is 11.6 Å². The minimum absolute atomic E-state index is 0.0255. The van der Waals surface area contributed by atoms with Gasteiger partial charge in [0, 0.05) is 12.7 Å². The van der Waals surface area contributed by atoms with E-state index in [1.165, 1.54) is 6.20 Å². The number of ether oxygens (including phenoxy) is 2. The molecule has 21 heavy (non-hydrogen) atoms. The number of carbonyl (C=O) groups excluding carboxylic acids is 1. The predicted molar refractivity (Wildman–Crippen MR) is 78.5 cm³/mol. The summed E-state index contributed by atoms with van der Waals surface area (Å²) in [5, 5.41) is 0.329. The van der Waals surface area contributed by atoms with E-state index in [0.29, 0.717) is 18.3 Å². The lowest BCUT2D eigenvalue weighted by atomic mass is 10.2. The molecule has 1 amide bonds. The van der Waals surface area contributed by atoms with Crippen LogP contribution in [0.5, 0.6) is 6.01 Å². The zero-order valence-electron chi connectivity index (χ0n) is 12.5. The highest BCUT2D eigenvalue weighted by atomic mass is 35.5. The molecule has 1 aromatic heterocycles. The van der Waals surface area contributed by atoms with Crippen LogP contribution in [0.2, 0.25) is 5.15 Å². The van der Waals surface area contributed by atoms with Crippen molar-refractivity contribution in [2.45, 2.75) is 45.3 Å². The van der Waals surface area contributed by atoms with Gasteiger partial charge in [0.2, 0.25) is 0 Å². The molecule has 1 aliphatic heterocycles. The molecule has 1 aromatic rings. The minimum atomic E-state index is -0.499. The largest absolute Gasteiger partial charge is 0.461 e. The third kappa shape index (κ3) is 4.74. The average Bonchev–Trinajstić information content (AvgIpc) is 2.83. The van der Waals surface area contributed by atoms with E-state index in [0.717, 1.165) is 12.8 Å². The second-order valence-corrected chi connectivity index (χ2v) is 6.33. The van der Waals surface area contributed by atoms with Gasteiger partial charge in [-0.15, -0.1) is 0 Å². The molecule has 116 valence electrons. The van der Waals surface area contributed by atoms with Crippen LogP contribution in [-0.2, 0) is 4.74 Å². The molecule has 6 nitrogen and oxygen atoms in total. The third-order valence-electron chi connectivity index (χ3n) is 3.01. The Hall–Kier alpha value is -1.56. The van der Waals surface area contributed by atoms with Gasteiger partial charge in [-0.3, -0.25) is 0 Å². The van der Waals surface area contributed by atoms with Gasteiger partial charge in [0.15, 0.2) is 0 Å². The van der Waals surface area contributed by atoms with Crippen molar-refractivity contribution in [1.29, 1.82) is 0 Å². The Kier molecular flexibility index (Phi) is 4.88. The van der Waals surface area contributed by atoms with Gasteiger partial charge in [-0.2, -0.15) is 4.98 Å². The number of nitrogens with zero attached hydrogens (tertiary/aromatic N) is 3. The van der Waals surface area contributed by atoms with Crippen LogP contribution in [0.1, 0.15) is 33.6 Å². The summed E-state index contributed by atoms with van der Waals surface area (Å²) in [4.78, 5) is 21.8. The fourth-order valence-corrected chi connectivity index (χ4v) is 2.26. The van der Waals surface area contributed by atoms with E-state index < -0.39 is 5.60 Å². The second-order valence-electron chi connectivity index (χ2n) is 5.94. The minimum Gasteiger partial charge on any atom is -0.461 e. The van der Waals surface area contributed by atoms with Gasteiger partial charge in [-0.1, -0.05) is 11.6 Å². The van der Waals surface area contributed by atoms with Gasteiger partial charge < -0.3 is 14.4 Å². The first-order valence-corrected chi connectivity index (χ1v) is 7.34. The number of halogens is 1. The summed E-state index contributed by atoms with van der Waals surface area (Å²) in [5.74, 6) is 0. The van der Waals surface area contributed by atoms with Crippen molar-refractivity contribution in [3.8, 4) is 6.01 Å². The first-order valence-electron chi connectivity index (χ1n) is 6.96. The third-order valence-corrected chi connectivity index (χ3v) is 3.22. The first kappa shape index (κ1) is 15.8. The Bertz CT molecular complexity index is 504. The van der Waals surface area contributed by atoms with Crippen LogP contribution in [0.15, 0.2) is 12.3 Å². The van der Waals surface area contributed by atoms with E-state index in [4.69, 9.17) is 21.1 Å². The molecule has 0 aliphatic carbocycles. The summed E-state index contributed by atoms with van der Waals surface area (Å²) in [6.07, 6.45) is 3.04. The summed E-state index contributed by atoms with van der Waals surface area (Å²) in [6, 6.07) is 1.78. The van der Waals surface area contributed by atoms with E-state index in [-0.39, 0.29) is 18.1 Å². The summed E-state index contributed by atoms with van der Waals surface area (Å²) >= 11 is 5.78. The molecule has 1 fully saturated rings. The summed E-state index contributed by atoms with van der Waals surface area (Å²) in [7, 11) is 0. The predicted octanol–water partition coefficient (Wildman–Crippen LogP) is 2.91. The van der Waals surface area contributed by atoms with Crippen LogP contribution < -0.4 is 4.74 Å². The fourth-order valence-electron chi connectivity index (χ4n) is 2.13. The molecule has 2 heterocycles. The molecule has 1 atom stereocenters. The lowest BCUT2D eigenvalue weighted by Crippen LogP contribution is -2.42. The van der Waals surface area contributed by atoms with Crippen LogP contribution in [0.25, 0.3) is 0 Å². The normalized spacial score (nSPS) is 18.7. The number of rotatable bonds is 3. The zero-order chi connectivity index (χ0) is 15.5. The van der Waals surface area contributed by atoms with Gasteiger partial charge in [0.1, 0.15) is 17.4 Å². The van der Waals surface area contributed by atoms with Crippen molar-refractivity contribution in [2.75, 3.05) is 13.2 Å². The van der Waals surface area contributed by atoms with E-state index in [2.05, 4.69) is 9.97 Å². The maximum absolute atomic E-state index is 12.1. The van der Waals surface area contributed by atoms with Crippen molar-refractivity contribution in [3.05, 3.63) is 17.4 Å². The number of hydrogen-bond donors (Lipinski definition) is 0. The van der Waals surface area contributed by atoms with Crippen LogP contribution in [-0.4, -0.2) is 45.8 Å². The van der Waals surface area contributed by atoms with E-state index in [9.17, 15) is 4.79 Å². The number of amides is 1. The summed E-state index contributed by atoms with van der Waals surface area (Å²) in [6.45, 7) is 6.57. The average molecular weight is 314 g/mol. The highest BCUT2D eigenvalue weighted by Gasteiger charge is 2.32. The van der Waals surface area contributed by atoms with Crippen molar-refractivity contribution < 1.29 is 14.3 Å². The lowest BCUT2D eigenvalue weighted by Gasteiger charge is -2.28. The molecule has 1 saturated heterocycles. The topological polar surface area (TPSA) is 64.5 Å². The Balaban J connectivity index is 1.91. The molecule has 2 rings (SSSR count). The van der Waals surface area contributed by atoms with Crippen LogP contribution in [0.4, 0.5) is 4.79 Å². The van der Waals surface area contributed by atoms with Crippen molar-refractivity contribution in [1.82, 2.24) is 14.9 Å². The van der Waals surface area contributed by atoms with Gasteiger partial charge >= 0.3 is 12.1 Å². The highest BCUT2D eigenvalue weighted by Crippen LogP contribution is 2.21. The van der Waals surface area contributed by atoms with Gasteiger partial charge in [0.25, 0.3) is 0 Å². The molecule has 7 heteroatoms. The number of likely N-dealkylation sites (tertiary alicyclic amines) is 1. The molecule has 0 spiro atoms. The smallest absolute Gasteiger partial charge is 0.410 e. The maximum Gasteiger partial charge on any atom is 0.410 e. The molecular formula is C14H20ClN3O3. The van der Waals surface area contributed by atoms with Crippen LogP contribution in [0, 0.1) is 0 Å². The van der Waals surface area contributed by atoms with E-state index >= 15 is 0 Å². The quantitative estimate of drug-likeness (QED) is 0.803. The van der Waals surface area contributed by atoms with E-state index in [1.54, 1.807) is 11.0 Å². The van der Waals surface area contributed by atoms with Gasteiger partial charge in [0.05, 0.1) is 6.04 Å². The van der Waals surface area contributed by atoms with Crippen molar-refractivity contribution >= 4 is 17.7 Å². The van der Waals surface area contributed by atoms with E-state index in [1.807, 2.05) is 20.8 Å². The first-order chi connectivity index (χ1) is 9.85. The molecule has 0 saturated carbocycles. The Morgan fingerprint density at radius 2 is 2.29 bits per heavy atom. The standard InChI is InChI=1S/C14H20ClN3O3/c1-14(2,3)21-13(19)18-8-4-5-10(18)9-20-12-16-7-6-11(15)17-12/h6-7,10H,4-5,8-9H2,1-3H3. The Labute approximate surface area is 129 Å². The van der Waals surface area contributed by atoms with Gasteiger partial charge in [-0.05, 0) is 39.7 Å². The summed E-state index contributed by atoms with van der Waals surface area (Å²) in [5.41, 5.74) is -0.499. The SMILES string of the molecule is CC(C)(C)OC(=O)N1CCCC1COc1nccc(Cl)n1. The Morgan fingerprint density at radius 1 is 1.52 bits per heavy atom.